The van der Waals surface area contributed by atoms with E-state index in [0.717, 1.165) is 5.92 Å². The SMILES string of the molecule is CCC(CC(C)(C)C)C1=CC=C(C(C)(C)C)CC1. The van der Waals surface area contributed by atoms with Crippen molar-refractivity contribution in [2.75, 3.05) is 0 Å². The molecule has 0 heteroatoms. The second kappa shape index (κ2) is 5.63. The summed E-state index contributed by atoms with van der Waals surface area (Å²) >= 11 is 0. The summed E-state index contributed by atoms with van der Waals surface area (Å²) in [6.07, 6.45) is 9.94. The van der Waals surface area contributed by atoms with Crippen molar-refractivity contribution in [3.63, 3.8) is 0 Å². The molecule has 0 fully saturated rings. The molecule has 0 bridgehead atoms. The van der Waals surface area contributed by atoms with Crippen LogP contribution in [0.15, 0.2) is 23.3 Å². The lowest BCUT2D eigenvalue weighted by atomic mass is 9.74. The summed E-state index contributed by atoms with van der Waals surface area (Å²) < 4.78 is 0. The molecule has 0 saturated carbocycles. The van der Waals surface area contributed by atoms with Gasteiger partial charge in [0.15, 0.2) is 0 Å². The van der Waals surface area contributed by atoms with E-state index in [-0.39, 0.29) is 0 Å². The molecule has 1 rings (SSSR count). The van der Waals surface area contributed by atoms with Crippen LogP contribution < -0.4 is 0 Å². The van der Waals surface area contributed by atoms with Crippen LogP contribution in [0.2, 0.25) is 0 Å². The topological polar surface area (TPSA) is 0 Å². The molecule has 0 spiro atoms. The summed E-state index contributed by atoms with van der Waals surface area (Å²) in [6, 6.07) is 0. The van der Waals surface area contributed by atoms with Gasteiger partial charge in [-0.25, -0.2) is 0 Å². The first kappa shape index (κ1) is 15.5. The first-order valence-electron chi connectivity index (χ1n) is 7.53. The Balaban J connectivity index is 2.79. The summed E-state index contributed by atoms with van der Waals surface area (Å²) in [6.45, 7) is 16.4. The van der Waals surface area contributed by atoms with Gasteiger partial charge < -0.3 is 0 Å². The molecule has 1 aliphatic carbocycles. The van der Waals surface area contributed by atoms with E-state index in [1.165, 1.54) is 25.7 Å². The molecule has 1 unspecified atom stereocenters. The van der Waals surface area contributed by atoms with Crippen LogP contribution in [0.3, 0.4) is 0 Å². The predicted molar refractivity (Wildman–Crippen MR) is 82.7 cm³/mol. The number of hydrogen-bond acceptors (Lipinski definition) is 0. The van der Waals surface area contributed by atoms with E-state index in [0.29, 0.717) is 10.8 Å². The van der Waals surface area contributed by atoms with E-state index < -0.39 is 0 Å². The summed E-state index contributed by atoms with van der Waals surface area (Å²) in [5.74, 6) is 0.780. The Morgan fingerprint density at radius 3 is 1.94 bits per heavy atom. The fourth-order valence-corrected chi connectivity index (χ4v) is 2.90. The molecular formula is C18H32. The third-order valence-electron chi connectivity index (χ3n) is 4.02. The molecule has 0 aromatic rings. The molecule has 0 aliphatic heterocycles. The normalized spacial score (nSPS) is 19.3. The van der Waals surface area contributed by atoms with Crippen LogP contribution in [-0.2, 0) is 0 Å². The Bertz CT molecular complexity index is 328. The Morgan fingerprint density at radius 1 is 1.00 bits per heavy atom. The molecule has 1 aliphatic rings. The van der Waals surface area contributed by atoms with Crippen molar-refractivity contribution in [1.29, 1.82) is 0 Å². The van der Waals surface area contributed by atoms with Crippen LogP contribution in [0.4, 0.5) is 0 Å². The van der Waals surface area contributed by atoms with Gasteiger partial charge in [0, 0.05) is 0 Å². The first-order chi connectivity index (χ1) is 8.13. The van der Waals surface area contributed by atoms with Crippen molar-refractivity contribution < 1.29 is 0 Å². The maximum atomic E-state index is 2.42. The van der Waals surface area contributed by atoms with Crippen molar-refractivity contribution in [1.82, 2.24) is 0 Å². The zero-order valence-corrected chi connectivity index (χ0v) is 13.6. The standard InChI is InChI=1S/C18H32/c1-8-14(13-17(2,3)4)15-9-11-16(12-10-15)18(5,6)7/h9,11,14H,8,10,12-13H2,1-7H3. The highest BCUT2D eigenvalue weighted by atomic mass is 14.3. The van der Waals surface area contributed by atoms with Crippen LogP contribution in [0.25, 0.3) is 0 Å². The smallest absolute Gasteiger partial charge is 0.0170 e. The van der Waals surface area contributed by atoms with Gasteiger partial charge in [-0.05, 0) is 42.4 Å². The quantitative estimate of drug-likeness (QED) is 0.562. The van der Waals surface area contributed by atoms with Gasteiger partial charge in [-0.1, -0.05) is 71.8 Å². The van der Waals surface area contributed by atoms with E-state index in [4.69, 9.17) is 0 Å². The van der Waals surface area contributed by atoms with Crippen molar-refractivity contribution in [3.8, 4) is 0 Å². The molecule has 0 nitrogen and oxygen atoms in total. The van der Waals surface area contributed by atoms with E-state index in [1.54, 1.807) is 11.1 Å². The third kappa shape index (κ3) is 4.63. The Morgan fingerprint density at radius 2 is 1.61 bits per heavy atom. The fourth-order valence-electron chi connectivity index (χ4n) is 2.90. The van der Waals surface area contributed by atoms with E-state index in [2.05, 4.69) is 60.6 Å². The molecule has 0 radical (unpaired) electrons. The number of allylic oxidation sites excluding steroid dienone is 4. The number of rotatable bonds is 3. The largest absolute Gasteiger partial charge is 0.0668 e. The van der Waals surface area contributed by atoms with Crippen molar-refractivity contribution in [2.45, 2.75) is 74.1 Å². The molecule has 0 amide bonds. The highest BCUT2D eigenvalue weighted by molar-refractivity contribution is 5.28. The maximum Gasteiger partial charge on any atom is -0.0170 e. The lowest BCUT2D eigenvalue weighted by Crippen LogP contribution is -2.17. The highest BCUT2D eigenvalue weighted by Gasteiger charge is 2.24. The molecule has 18 heavy (non-hydrogen) atoms. The second-order valence-corrected chi connectivity index (χ2v) is 8.05. The van der Waals surface area contributed by atoms with Crippen LogP contribution in [-0.4, -0.2) is 0 Å². The van der Waals surface area contributed by atoms with Gasteiger partial charge in [0.2, 0.25) is 0 Å². The molecule has 0 aromatic heterocycles. The zero-order valence-electron chi connectivity index (χ0n) is 13.6. The first-order valence-corrected chi connectivity index (χ1v) is 7.53. The van der Waals surface area contributed by atoms with E-state index >= 15 is 0 Å². The van der Waals surface area contributed by atoms with E-state index in [9.17, 15) is 0 Å². The lowest BCUT2D eigenvalue weighted by Gasteiger charge is -2.31. The second-order valence-electron chi connectivity index (χ2n) is 8.05. The summed E-state index contributed by atoms with van der Waals surface area (Å²) in [4.78, 5) is 0. The van der Waals surface area contributed by atoms with Crippen molar-refractivity contribution >= 4 is 0 Å². The Labute approximate surface area is 115 Å². The Kier molecular flexibility index (Phi) is 4.86. The minimum absolute atomic E-state index is 0.341. The number of hydrogen-bond donors (Lipinski definition) is 0. The lowest BCUT2D eigenvalue weighted by molar-refractivity contribution is 0.307. The van der Waals surface area contributed by atoms with Crippen LogP contribution in [0, 0.1) is 16.7 Å². The fraction of sp³-hybridized carbons (Fsp3) is 0.778. The van der Waals surface area contributed by atoms with Crippen LogP contribution >= 0.6 is 0 Å². The maximum absolute atomic E-state index is 2.42. The third-order valence-corrected chi connectivity index (χ3v) is 4.02. The van der Waals surface area contributed by atoms with Crippen LogP contribution in [0.5, 0.6) is 0 Å². The summed E-state index contributed by atoms with van der Waals surface area (Å²) in [7, 11) is 0. The van der Waals surface area contributed by atoms with Crippen LogP contribution in [0.1, 0.15) is 74.1 Å². The van der Waals surface area contributed by atoms with E-state index in [1.807, 2.05) is 0 Å². The minimum Gasteiger partial charge on any atom is -0.0668 e. The zero-order chi connectivity index (χ0) is 14.0. The van der Waals surface area contributed by atoms with Gasteiger partial charge in [-0.15, -0.1) is 0 Å². The summed E-state index contributed by atoms with van der Waals surface area (Å²) in [5, 5.41) is 0. The molecule has 104 valence electrons. The molecule has 0 saturated heterocycles. The predicted octanol–water partition coefficient (Wildman–Crippen LogP) is 6.14. The Hall–Kier alpha value is -0.520. The molecular weight excluding hydrogens is 216 g/mol. The van der Waals surface area contributed by atoms with Gasteiger partial charge in [0.25, 0.3) is 0 Å². The van der Waals surface area contributed by atoms with Crippen molar-refractivity contribution in [2.24, 2.45) is 16.7 Å². The monoisotopic (exact) mass is 248 g/mol. The van der Waals surface area contributed by atoms with Crippen molar-refractivity contribution in [3.05, 3.63) is 23.3 Å². The summed E-state index contributed by atoms with van der Waals surface area (Å²) in [5.41, 5.74) is 4.07. The molecule has 0 aromatic carbocycles. The minimum atomic E-state index is 0.341. The van der Waals surface area contributed by atoms with Gasteiger partial charge in [-0.3, -0.25) is 0 Å². The average molecular weight is 248 g/mol. The van der Waals surface area contributed by atoms with Gasteiger partial charge >= 0.3 is 0 Å². The van der Waals surface area contributed by atoms with Gasteiger partial charge in [-0.2, -0.15) is 0 Å². The molecule has 1 atom stereocenters. The highest BCUT2D eigenvalue weighted by Crippen LogP contribution is 2.38. The van der Waals surface area contributed by atoms with Gasteiger partial charge in [0.1, 0.15) is 0 Å². The average Bonchev–Trinajstić information content (AvgIpc) is 2.24. The van der Waals surface area contributed by atoms with Gasteiger partial charge in [0.05, 0.1) is 0 Å². The molecule has 0 heterocycles. The molecule has 0 N–H and O–H groups in total.